The minimum absolute atomic E-state index is 0.171. The number of piperidine rings is 1. The fraction of sp³-hybridized carbons (Fsp3) is 0.265. The number of likely N-dealkylation sites (tertiary alicyclic amines) is 1. The predicted octanol–water partition coefficient (Wildman–Crippen LogP) is 6.57. The Morgan fingerprint density at radius 1 is 1.00 bits per heavy atom. The highest BCUT2D eigenvalue weighted by atomic mass is 19.4. The number of nitrogens with zero attached hydrogens (tertiary/aromatic N) is 5. The van der Waals surface area contributed by atoms with E-state index in [-0.39, 0.29) is 23.8 Å². The molecule has 4 heterocycles. The standard InChI is InChI=1S/C34H32F3N7O5/c1-48-25-10-7-21(27(17-25)49-2)18-40-31-30-26(12-14-39-31)29(22-4-3-15-43(19-22)33(46)47)42-44(30)24-8-5-20(6-9-24)32(45)41-28-16-23(11-13-38-28)34(35,36)37/h5-14,16-17,22H,3-4,15,18-19H2,1-2H3,(H,39,40)(H,46,47)(H,38,41,45). The first-order chi connectivity index (χ1) is 23.5. The Hall–Kier alpha value is -5.86. The Balaban J connectivity index is 1.35. The molecule has 12 nitrogen and oxygen atoms in total. The molecule has 1 aliphatic rings. The molecule has 1 saturated heterocycles. The van der Waals surface area contributed by atoms with E-state index in [2.05, 4.69) is 20.6 Å². The molecule has 0 saturated carbocycles. The number of fused-ring (bicyclic) bond motifs is 1. The van der Waals surface area contributed by atoms with E-state index in [0.717, 1.165) is 35.7 Å². The van der Waals surface area contributed by atoms with E-state index in [9.17, 15) is 27.9 Å². The van der Waals surface area contributed by atoms with E-state index in [1.54, 1.807) is 43.3 Å². The quantitative estimate of drug-likeness (QED) is 0.158. The highest BCUT2D eigenvalue weighted by Gasteiger charge is 2.31. The summed E-state index contributed by atoms with van der Waals surface area (Å²) < 4.78 is 52.0. The molecule has 1 aliphatic heterocycles. The Morgan fingerprint density at radius 3 is 2.49 bits per heavy atom. The SMILES string of the molecule is COc1ccc(CNc2nccc3c(C4CCCN(C(=O)O)C4)nn(-c4ccc(C(=O)Nc5cc(C(F)(F)F)ccn5)cc4)c23)c(OC)c1. The first-order valence-corrected chi connectivity index (χ1v) is 15.3. The minimum Gasteiger partial charge on any atom is -0.497 e. The summed E-state index contributed by atoms with van der Waals surface area (Å²) in [6.07, 6.45) is -1.49. The monoisotopic (exact) mass is 675 g/mol. The number of nitrogens with one attached hydrogen (secondary N) is 2. The molecule has 15 heteroatoms. The van der Waals surface area contributed by atoms with Gasteiger partial charge in [-0.2, -0.15) is 18.3 Å². The Labute approximate surface area is 278 Å². The van der Waals surface area contributed by atoms with Crippen LogP contribution in [-0.4, -0.2) is 69.1 Å². The molecule has 1 unspecified atom stereocenters. The molecule has 5 aromatic rings. The lowest BCUT2D eigenvalue weighted by atomic mass is 9.93. The zero-order valence-electron chi connectivity index (χ0n) is 26.5. The summed E-state index contributed by atoms with van der Waals surface area (Å²) in [6, 6.07) is 15.3. The van der Waals surface area contributed by atoms with Crippen LogP contribution in [0.2, 0.25) is 0 Å². The Morgan fingerprint density at radius 2 is 1.78 bits per heavy atom. The van der Waals surface area contributed by atoms with Crippen molar-refractivity contribution in [2.75, 3.05) is 37.9 Å². The zero-order valence-corrected chi connectivity index (χ0v) is 26.5. The van der Waals surface area contributed by atoms with Gasteiger partial charge in [-0.3, -0.25) is 4.79 Å². The van der Waals surface area contributed by atoms with Gasteiger partial charge in [-0.1, -0.05) is 0 Å². The molecule has 0 aliphatic carbocycles. The third-order valence-electron chi connectivity index (χ3n) is 8.34. The van der Waals surface area contributed by atoms with Gasteiger partial charge in [0.2, 0.25) is 0 Å². The van der Waals surface area contributed by atoms with Crippen molar-refractivity contribution in [1.29, 1.82) is 0 Å². The van der Waals surface area contributed by atoms with Gasteiger partial charge in [0, 0.05) is 60.5 Å². The molecule has 2 aromatic carbocycles. The van der Waals surface area contributed by atoms with Crippen LogP contribution < -0.4 is 20.1 Å². The molecule has 1 fully saturated rings. The van der Waals surface area contributed by atoms with E-state index >= 15 is 0 Å². The van der Waals surface area contributed by atoms with Crippen molar-refractivity contribution in [2.45, 2.75) is 31.5 Å². The molecule has 49 heavy (non-hydrogen) atoms. The van der Waals surface area contributed by atoms with Crippen LogP contribution in [0.15, 0.2) is 73.1 Å². The second kappa shape index (κ2) is 13.7. The number of aromatic nitrogens is 4. The summed E-state index contributed by atoms with van der Waals surface area (Å²) in [7, 11) is 3.15. The molecule has 0 spiro atoms. The first kappa shape index (κ1) is 33.1. The van der Waals surface area contributed by atoms with E-state index in [1.807, 2.05) is 18.2 Å². The minimum atomic E-state index is -4.58. The number of hydrogen-bond acceptors (Lipinski definition) is 8. The number of alkyl halides is 3. The molecule has 3 aromatic heterocycles. The number of pyridine rings is 2. The summed E-state index contributed by atoms with van der Waals surface area (Å²) in [5, 5.41) is 21.3. The summed E-state index contributed by atoms with van der Waals surface area (Å²) in [5.41, 5.74) is 2.04. The zero-order chi connectivity index (χ0) is 34.7. The van der Waals surface area contributed by atoms with Gasteiger partial charge in [0.25, 0.3) is 5.91 Å². The van der Waals surface area contributed by atoms with Crippen molar-refractivity contribution in [3.05, 3.63) is 95.4 Å². The molecule has 2 amide bonds. The molecule has 3 N–H and O–H groups in total. The van der Waals surface area contributed by atoms with Gasteiger partial charge >= 0.3 is 12.3 Å². The lowest BCUT2D eigenvalue weighted by Crippen LogP contribution is -2.38. The van der Waals surface area contributed by atoms with E-state index in [4.69, 9.17) is 14.6 Å². The number of amides is 2. The van der Waals surface area contributed by atoms with E-state index < -0.39 is 23.7 Å². The van der Waals surface area contributed by atoms with Crippen LogP contribution in [-0.2, 0) is 12.7 Å². The molecular formula is C34H32F3N7O5. The van der Waals surface area contributed by atoms with Gasteiger partial charge in [0.1, 0.15) is 22.8 Å². The van der Waals surface area contributed by atoms with Gasteiger partial charge in [0.05, 0.1) is 31.2 Å². The maximum atomic E-state index is 13.1. The number of ether oxygens (including phenoxy) is 2. The number of benzene rings is 2. The largest absolute Gasteiger partial charge is 0.497 e. The van der Waals surface area contributed by atoms with Crippen LogP contribution in [0.5, 0.6) is 11.5 Å². The topological polar surface area (TPSA) is 144 Å². The van der Waals surface area contributed by atoms with E-state index in [0.29, 0.717) is 53.7 Å². The lowest BCUT2D eigenvalue weighted by Gasteiger charge is -2.29. The third-order valence-corrected chi connectivity index (χ3v) is 8.34. The highest BCUT2D eigenvalue weighted by Crippen LogP contribution is 2.36. The number of methoxy groups -OCH3 is 2. The number of halogens is 3. The van der Waals surface area contributed by atoms with Crippen molar-refractivity contribution in [3.8, 4) is 17.2 Å². The fourth-order valence-electron chi connectivity index (χ4n) is 5.87. The van der Waals surface area contributed by atoms with Crippen molar-refractivity contribution in [2.24, 2.45) is 0 Å². The summed E-state index contributed by atoms with van der Waals surface area (Å²) >= 11 is 0. The summed E-state index contributed by atoms with van der Waals surface area (Å²) in [6.45, 7) is 1.08. The molecule has 6 rings (SSSR count). The van der Waals surface area contributed by atoms with Crippen molar-refractivity contribution < 1.29 is 37.3 Å². The predicted molar refractivity (Wildman–Crippen MR) is 175 cm³/mol. The second-order valence-corrected chi connectivity index (χ2v) is 11.4. The molecular weight excluding hydrogens is 643 g/mol. The first-order valence-electron chi connectivity index (χ1n) is 15.3. The Kier molecular flexibility index (Phi) is 9.25. The van der Waals surface area contributed by atoms with Crippen LogP contribution in [0.3, 0.4) is 0 Å². The molecule has 1 atom stereocenters. The number of rotatable bonds is 9. The van der Waals surface area contributed by atoms with Gasteiger partial charge in [-0.05, 0) is 67.4 Å². The van der Waals surface area contributed by atoms with Crippen LogP contribution >= 0.6 is 0 Å². The van der Waals surface area contributed by atoms with Gasteiger partial charge in [-0.15, -0.1) is 0 Å². The summed E-state index contributed by atoms with van der Waals surface area (Å²) in [5.74, 6) is 0.739. The third kappa shape index (κ3) is 7.05. The van der Waals surface area contributed by atoms with Crippen LogP contribution in [0.4, 0.5) is 29.6 Å². The molecule has 0 bridgehead atoms. The summed E-state index contributed by atoms with van der Waals surface area (Å²) in [4.78, 5) is 34.6. The highest BCUT2D eigenvalue weighted by molar-refractivity contribution is 6.04. The second-order valence-electron chi connectivity index (χ2n) is 11.4. The fourth-order valence-corrected chi connectivity index (χ4v) is 5.87. The smallest absolute Gasteiger partial charge is 0.416 e. The molecule has 254 valence electrons. The maximum absolute atomic E-state index is 13.1. The number of carbonyl (C=O) groups excluding carboxylic acids is 1. The molecule has 0 radical (unpaired) electrons. The number of anilines is 2. The maximum Gasteiger partial charge on any atom is 0.416 e. The lowest BCUT2D eigenvalue weighted by molar-refractivity contribution is -0.137. The number of carboxylic acid groups (broad SMARTS) is 1. The Bertz CT molecular complexity index is 2000. The van der Waals surface area contributed by atoms with Gasteiger partial charge < -0.3 is 30.1 Å². The van der Waals surface area contributed by atoms with Gasteiger partial charge in [0.15, 0.2) is 5.82 Å². The van der Waals surface area contributed by atoms with Crippen molar-refractivity contribution in [1.82, 2.24) is 24.6 Å². The average Bonchev–Trinajstić information content (AvgIpc) is 3.51. The average molecular weight is 676 g/mol. The van der Waals surface area contributed by atoms with Crippen molar-refractivity contribution in [3.63, 3.8) is 0 Å². The number of hydrogen-bond donors (Lipinski definition) is 3. The number of carbonyl (C=O) groups is 2. The van der Waals surface area contributed by atoms with E-state index in [1.165, 1.54) is 17.0 Å². The van der Waals surface area contributed by atoms with Gasteiger partial charge in [-0.25, -0.2) is 19.4 Å². The van der Waals surface area contributed by atoms with Crippen molar-refractivity contribution >= 4 is 34.5 Å². The van der Waals surface area contributed by atoms with Crippen LogP contribution in [0.1, 0.15) is 45.9 Å². The van der Waals surface area contributed by atoms with Crippen LogP contribution in [0.25, 0.3) is 16.6 Å². The normalized spacial score (nSPS) is 14.8. The van der Waals surface area contributed by atoms with Crippen LogP contribution in [0, 0.1) is 0 Å².